The lowest BCUT2D eigenvalue weighted by atomic mass is 10.0. The Morgan fingerprint density at radius 2 is 0.762 bits per heavy atom. The fraction of sp³-hybridized carbons (Fsp3) is 0.949. The van der Waals surface area contributed by atoms with Gasteiger partial charge in [0.25, 0.3) is 0 Å². The minimum Gasteiger partial charge on any atom is -0.379 e. The van der Waals surface area contributed by atoms with Crippen LogP contribution in [0.3, 0.4) is 0 Å². The molecule has 0 aromatic heterocycles. The summed E-state index contributed by atoms with van der Waals surface area (Å²) in [5.74, 6) is 0. The third-order valence-corrected chi connectivity index (χ3v) is 8.72. The largest absolute Gasteiger partial charge is 0.379 e. The van der Waals surface area contributed by atoms with Crippen LogP contribution in [0.2, 0.25) is 0 Å². The third kappa shape index (κ3) is 35.8. The van der Waals surface area contributed by atoms with Gasteiger partial charge in [-0.25, -0.2) is 0 Å². The first kappa shape index (κ1) is 41.6. The van der Waals surface area contributed by atoms with Gasteiger partial charge in [-0.1, -0.05) is 180 Å². The average molecular weight is 594 g/mol. The Bertz CT molecular complexity index is 495. The van der Waals surface area contributed by atoms with Crippen molar-refractivity contribution in [2.45, 2.75) is 213 Å². The van der Waals surface area contributed by atoms with Gasteiger partial charge in [0.2, 0.25) is 0 Å². The number of unbranched alkanes of at least 4 members (excludes halogenated alkanes) is 27. The smallest absolute Gasteiger partial charge is 0.0930 e. The number of hydrogen-bond acceptors (Lipinski definition) is 3. The molecule has 0 aromatic carbocycles. The van der Waals surface area contributed by atoms with E-state index in [2.05, 4.69) is 26.0 Å². The Labute approximate surface area is 265 Å². The van der Waals surface area contributed by atoms with Gasteiger partial charge in [0, 0.05) is 19.8 Å². The molecule has 0 aliphatic rings. The van der Waals surface area contributed by atoms with E-state index < -0.39 is 0 Å². The fourth-order valence-corrected chi connectivity index (χ4v) is 5.75. The molecule has 0 aliphatic carbocycles. The van der Waals surface area contributed by atoms with Crippen LogP contribution in [0, 0.1) is 0 Å². The van der Waals surface area contributed by atoms with Crippen LogP contribution < -0.4 is 5.73 Å². The normalized spacial score (nSPS) is 12.5. The molecule has 0 aliphatic heterocycles. The van der Waals surface area contributed by atoms with Crippen molar-refractivity contribution in [1.29, 1.82) is 0 Å². The highest BCUT2D eigenvalue weighted by Crippen LogP contribution is 2.14. The zero-order valence-electron chi connectivity index (χ0n) is 29.2. The molecule has 3 nitrogen and oxygen atoms in total. The zero-order valence-corrected chi connectivity index (χ0v) is 29.2. The SMILES string of the molecule is CCCCCCCCC=CCCCCCCCCOCC(CN)OCCCCCCCCCCCCCCCCCC. The van der Waals surface area contributed by atoms with Crippen LogP contribution in [0.5, 0.6) is 0 Å². The van der Waals surface area contributed by atoms with E-state index in [9.17, 15) is 0 Å². The van der Waals surface area contributed by atoms with Crippen molar-refractivity contribution in [3.05, 3.63) is 12.2 Å². The van der Waals surface area contributed by atoms with Crippen LogP contribution in [0.25, 0.3) is 0 Å². The van der Waals surface area contributed by atoms with E-state index in [0.717, 1.165) is 26.1 Å². The Morgan fingerprint density at radius 1 is 0.429 bits per heavy atom. The molecule has 0 rings (SSSR count). The van der Waals surface area contributed by atoms with Crippen molar-refractivity contribution in [3.63, 3.8) is 0 Å². The summed E-state index contributed by atoms with van der Waals surface area (Å²) in [5, 5.41) is 0. The molecule has 0 aromatic rings. The topological polar surface area (TPSA) is 44.5 Å². The summed E-state index contributed by atoms with van der Waals surface area (Å²) in [7, 11) is 0. The third-order valence-electron chi connectivity index (χ3n) is 8.72. The van der Waals surface area contributed by atoms with Gasteiger partial charge < -0.3 is 15.2 Å². The second kappa shape index (κ2) is 38.6. The molecular weight excluding hydrogens is 514 g/mol. The van der Waals surface area contributed by atoms with E-state index in [1.54, 1.807) is 0 Å². The Hall–Kier alpha value is -0.380. The van der Waals surface area contributed by atoms with Crippen LogP contribution in [-0.4, -0.2) is 32.5 Å². The van der Waals surface area contributed by atoms with Crippen LogP contribution in [0.1, 0.15) is 206 Å². The molecule has 0 radical (unpaired) electrons. The van der Waals surface area contributed by atoms with Crippen LogP contribution >= 0.6 is 0 Å². The highest BCUT2D eigenvalue weighted by Gasteiger charge is 2.07. The summed E-state index contributed by atoms with van der Waals surface area (Å²) < 4.78 is 11.9. The monoisotopic (exact) mass is 594 g/mol. The van der Waals surface area contributed by atoms with Gasteiger partial charge in [0.05, 0.1) is 12.7 Å². The quantitative estimate of drug-likeness (QED) is 0.0575. The van der Waals surface area contributed by atoms with Crippen LogP contribution in [0.4, 0.5) is 0 Å². The van der Waals surface area contributed by atoms with Crippen molar-refractivity contribution in [2.75, 3.05) is 26.4 Å². The molecule has 2 N–H and O–H groups in total. The maximum absolute atomic E-state index is 5.99. The molecule has 252 valence electrons. The number of rotatable bonds is 37. The minimum atomic E-state index is 0.0652. The molecule has 0 amide bonds. The predicted molar refractivity (Wildman–Crippen MR) is 189 cm³/mol. The second-order valence-corrected chi connectivity index (χ2v) is 13.0. The van der Waals surface area contributed by atoms with Crippen LogP contribution in [-0.2, 0) is 9.47 Å². The van der Waals surface area contributed by atoms with Gasteiger partial charge in [-0.15, -0.1) is 0 Å². The van der Waals surface area contributed by atoms with E-state index in [-0.39, 0.29) is 6.10 Å². The lowest BCUT2D eigenvalue weighted by Crippen LogP contribution is -2.29. The lowest BCUT2D eigenvalue weighted by Gasteiger charge is -2.16. The van der Waals surface area contributed by atoms with Gasteiger partial charge in [0.15, 0.2) is 0 Å². The number of hydrogen-bond donors (Lipinski definition) is 1. The van der Waals surface area contributed by atoms with Crippen molar-refractivity contribution < 1.29 is 9.47 Å². The molecule has 1 unspecified atom stereocenters. The fourth-order valence-electron chi connectivity index (χ4n) is 5.75. The van der Waals surface area contributed by atoms with Gasteiger partial charge >= 0.3 is 0 Å². The van der Waals surface area contributed by atoms with Crippen molar-refractivity contribution in [3.8, 4) is 0 Å². The molecule has 42 heavy (non-hydrogen) atoms. The molecule has 0 saturated heterocycles. The van der Waals surface area contributed by atoms with Gasteiger partial charge in [-0.3, -0.25) is 0 Å². The summed E-state index contributed by atoms with van der Waals surface area (Å²) >= 11 is 0. The standard InChI is InChI=1S/C39H79NO2/c1-3-5-7-9-11-13-15-17-19-21-23-25-27-29-31-33-35-41-38-39(37-40)42-36-34-32-30-28-26-24-22-20-18-16-14-12-10-8-6-4-2/h17,19,39H,3-16,18,20-38,40H2,1-2H3. The Kier molecular flexibility index (Phi) is 38.3. The molecule has 3 heteroatoms. The van der Waals surface area contributed by atoms with Gasteiger partial charge in [-0.05, 0) is 38.5 Å². The number of ether oxygens (including phenoxy) is 2. The number of nitrogens with two attached hydrogens (primary N) is 1. The molecule has 0 bridgehead atoms. The highest BCUT2D eigenvalue weighted by molar-refractivity contribution is 4.81. The molecular formula is C39H79NO2. The summed E-state index contributed by atoms with van der Waals surface area (Å²) in [5.41, 5.74) is 5.91. The lowest BCUT2D eigenvalue weighted by molar-refractivity contribution is -0.0136. The maximum Gasteiger partial charge on any atom is 0.0930 e. The minimum absolute atomic E-state index is 0.0652. The highest BCUT2D eigenvalue weighted by atomic mass is 16.5. The first-order valence-electron chi connectivity index (χ1n) is 19.4. The van der Waals surface area contributed by atoms with Gasteiger partial charge in [-0.2, -0.15) is 0 Å². The maximum atomic E-state index is 5.99. The molecule has 0 heterocycles. The Balaban J connectivity index is 3.28. The van der Waals surface area contributed by atoms with Gasteiger partial charge in [0.1, 0.15) is 0 Å². The zero-order chi connectivity index (χ0) is 30.4. The molecule has 0 spiro atoms. The van der Waals surface area contributed by atoms with E-state index in [0.29, 0.717) is 13.2 Å². The van der Waals surface area contributed by atoms with E-state index in [4.69, 9.17) is 15.2 Å². The first-order valence-corrected chi connectivity index (χ1v) is 19.4. The second-order valence-electron chi connectivity index (χ2n) is 13.0. The summed E-state index contributed by atoms with van der Waals surface area (Å²) in [4.78, 5) is 0. The predicted octanol–water partition coefficient (Wildman–Crippen LogP) is 12.6. The van der Waals surface area contributed by atoms with Crippen molar-refractivity contribution in [1.82, 2.24) is 0 Å². The molecule has 1 atom stereocenters. The average Bonchev–Trinajstić information content (AvgIpc) is 3.00. The summed E-state index contributed by atoms with van der Waals surface area (Å²) in [6.45, 7) is 7.48. The first-order chi connectivity index (χ1) is 20.8. The number of allylic oxidation sites excluding steroid dienone is 2. The summed E-state index contributed by atoms with van der Waals surface area (Å²) in [6, 6.07) is 0. The molecule has 0 fully saturated rings. The summed E-state index contributed by atoms with van der Waals surface area (Å²) in [6.07, 6.45) is 46.1. The van der Waals surface area contributed by atoms with E-state index >= 15 is 0 Å². The van der Waals surface area contributed by atoms with Crippen molar-refractivity contribution >= 4 is 0 Å². The van der Waals surface area contributed by atoms with E-state index in [1.807, 2.05) is 0 Å². The Morgan fingerprint density at radius 3 is 1.14 bits per heavy atom. The molecule has 0 saturated carbocycles. The van der Waals surface area contributed by atoms with E-state index in [1.165, 1.54) is 180 Å². The van der Waals surface area contributed by atoms with Crippen molar-refractivity contribution in [2.24, 2.45) is 5.73 Å². The van der Waals surface area contributed by atoms with Crippen LogP contribution in [0.15, 0.2) is 12.2 Å².